The minimum absolute atomic E-state index is 0.0247. The van der Waals surface area contributed by atoms with Gasteiger partial charge in [0.25, 0.3) is 11.6 Å². The highest BCUT2D eigenvalue weighted by Gasteiger charge is 2.56. The molecule has 0 fully saturated rings. The molecule has 1 amide bonds. The van der Waals surface area contributed by atoms with Crippen molar-refractivity contribution in [2.75, 3.05) is 5.32 Å². The first-order valence-electron chi connectivity index (χ1n) is 9.36. The number of carbonyl (C=O) groups is 1. The minimum atomic E-state index is -5.11. The lowest BCUT2D eigenvalue weighted by Crippen LogP contribution is -2.43. The Morgan fingerprint density at radius 3 is 2.18 bits per heavy atom. The average molecular weight is 623 g/mol. The molecule has 0 bridgehead atoms. The van der Waals surface area contributed by atoms with Gasteiger partial charge in [-0.05, 0) is 85.8 Å². The van der Waals surface area contributed by atoms with E-state index in [9.17, 15) is 33.2 Å². The molecule has 0 aliphatic rings. The van der Waals surface area contributed by atoms with Gasteiger partial charge in [-0.3, -0.25) is 14.9 Å². The van der Waals surface area contributed by atoms with Crippen LogP contribution >= 0.6 is 43.5 Å². The van der Waals surface area contributed by atoms with Crippen LogP contribution in [0, 0.1) is 17.0 Å². The zero-order valence-corrected chi connectivity index (χ0v) is 21.0. The molecule has 0 spiro atoms. The van der Waals surface area contributed by atoms with Crippen LogP contribution in [0.1, 0.15) is 27.0 Å². The summed E-state index contributed by atoms with van der Waals surface area (Å²) in [5.74, 6) is -0.727. The zero-order valence-electron chi connectivity index (χ0n) is 17.1. The van der Waals surface area contributed by atoms with E-state index in [-0.39, 0.29) is 30.9 Å². The van der Waals surface area contributed by atoms with Crippen molar-refractivity contribution in [3.05, 3.63) is 101 Å². The standard InChI is InChI=1S/C22H14Br2ClF3N2O4/c1-11-5-13(8-15(25)6-11)21(32,22(26,27)28)14-9-17(23)19(18(24)10-14)29-20(31)12-3-2-4-16(7-12)30(33)34/h2-10,32H,1H3,(H,29,31). The minimum Gasteiger partial charge on any atom is -0.372 e. The normalized spacial score (nSPS) is 13.3. The molecule has 0 saturated carbocycles. The van der Waals surface area contributed by atoms with Crippen LogP contribution in [0.15, 0.2) is 63.5 Å². The smallest absolute Gasteiger partial charge is 0.372 e. The van der Waals surface area contributed by atoms with Crippen LogP contribution in [0.3, 0.4) is 0 Å². The predicted octanol–water partition coefficient (Wildman–Crippen LogP) is 7.13. The van der Waals surface area contributed by atoms with E-state index in [1.54, 1.807) is 6.92 Å². The van der Waals surface area contributed by atoms with E-state index in [1.807, 2.05) is 0 Å². The fourth-order valence-electron chi connectivity index (χ4n) is 3.29. The highest BCUT2D eigenvalue weighted by atomic mass is 79.9. The Kier molecular flexibility index (Phi) is 7.42. The number of nitro groups is 1. The van der Waals surface area contributed by atoms with E-state index >= 15 is 0 Å². The van der Waals surface area contributed by atoms with Gasteiger partial charge in [-0.15, -0.1) is 0 Å². The van der Waals surface area contributed by atoms with Crippen LogP contribution in [0.2, 0.25) is 5.02 Å². The molecular formula is C22H14Br2ClF3N2O4. The van der Waals surface area contributed by atoms with Gasteiger partial charge in [0.15, 0.2) is 0 Å². The molecule has 3 aromatic carbocycles. The lowest BCUT2D eigenvalue weighted by atomic mass is 9.85. The largest absolute Gasteiger partial charge is 0.425 e. The summed E-state index contributed by atoms with van der Waals surface area (Å²) in [5, 5.41) is 24.4. The van der Waals surface area contributed by atoms with Gasteiger partial charge in [0.05, 0.1) is 10.6 Å². The Labute approximate surface area is 213 Å². The second-order valence-corrected chi connectivity index (χ2v) is 9.45. The molecule has 3 rings (SSSR count). The Balaban J connectivity index is 2.06. The Bertz CT molecular complexity index is 1260. The number of aliphatic hydroxyl groups is 1. The number of amides is 1. The monoisotopic (exact) mass is 620 g/mol. The number of aryl methyl sites for hydroxylation is 1. The average Bonchev–Trinajstić information content (AvgIpc) is 2.73. The number of carbonyl (C=O) groups excluding carboxylic acids is 1. The summed E-state index contributed by atoms with van der Waals surface area (Å²) in [6.07, 6.45) is -5.11. The molecule has 0 aliphatic carbocycles. The Morgan fingerprint density at radius 1 is 1.06 bits per heavy atom. The van der Waals surface area contributed by atoms with Gasteiger partial charge in [0, 0.05) is 31.7 Å². The number of alkyl halides is 3. The van der Waals surface area contributed by atoms with Crippen molar-refractivity contribution >= 4 is 60.7 Å². The van der Waals surface area contributed by atoms with Gasteiger partial charge in [-0.2, -0.15) is 13.2 Å². The molecule has 1 unspecified atom stereocenters. The molecule has 0 aliphatic heterocycles. The van der Waals surface area contributed by atoms with E-state index in [0.29, 0.717) is 5.56 Å². The third kappa shape index (κ3) is 5.12. The van der Waals surface area contributed by atoms with E-state index < -0.39 is 33.7 Å². The summed E-state index contributed by atoms with van der Waals surface area (Å²) in [4.78, 5) is 22.9. The van der Waals surface area contributed by atoms with Crippen molar-refractivity contribution in [1.29, 1.82) is 0 Å². The third-order valence-corrected chi connectivity index (χ3v) is 6.36. The van der Waals surface area contributed by atoms with Crippen LogP contribution in [-0.4, -0.2) is 22.1 Å². The first-order valence-corrected chi connectivity index (χ1v) is 11.3. The maximum atomic E-state index is 14.2. The number of halogens is 6. The van der Waals surface area contributed by atoms with Gasteiger partial charge < -0.3 is 10.4 Å². The molecule has 2 N–H and O–H groups in total. The maximum Gasteiger partial charge on any atom is 0.425 e. The summed E-state index contributed by atoms with van der Waals surface area (Å²) < 4.78 is 42.6. The lowest BCUT2D eigenvalue weighted by molar-refractivity contribution is -0.384. The number of non-ortho nitro benzene ring substituents is 1. The van der Waals surface area contributed by atoms with Crippen molar-refractivity contribution in [2.45, 2.75) is 18.7 Å². The van der Waals surface area contributed by atoms with Crippen molar-refractivity contribution in [2.24, 2.45) is 0 Å². The fourth-order valence-corrected chi connectivity index (χ4v) is 4.96. The van der Waals surface area contributed by atoms with Crippen LogP contribution in [0.25, 0.3) is 0 Å². The quantitative estimate of drug-likeness (QED) is 0.234. The summed E-state index contributed by atoms with van der Waals surface area (Å²) >= 11 is 12.2. The van der Waals surface area contributed by atoms with Crippen molar-refractivity contribution in [3.8, 4) is 0 Å². The van der Waals surface area contributed by atoms with Crippen LogP contribution in [0.4, 0.5) is 24.5 Å². The summed E-state index contributed by atoms with van der Waals surface area (Å²) in [6.45, 7) is 1.55. The van der Waals surface area contributed by atoms with E-state index in [4.69, 9.17) is 11.6 Å². The lowest BCUT2D eigenvalue weighted by Gasteiger charge is -2.32. The second-order valence-electron chi connectivity index (χ2n) is 7.30. The molecule has 34 heavy (non-hydrogen) atoms. The third-order valence-electron chi connectivity index (χ3n) is 4.89. The molecule has 3 aromatic rings. The number of hydrogen-bond donors (Lipinski definition) is 2. The van der Waals surface area contributed by atoms with Crippen LogP contribution < -0.4 is 5.32 Å². The van der Waals surface area contributed by atoms with Crippen molar-refractivity contribution in [3.63, 3.8) is 0 Å². The van der Waals surface area contributed by atoms with E-state index in [0.717, 1.165) is 24.3 Å². The SMILES string of the molecule is Cc1cc(Cl)cc(C(O)(c2cc(Br)c(NC(=O)c3cccc([N+](=O)[O-])c3)c(Br)c2)C(F)(F)F)c1. The summed E-state index contributed by atoms with van der Waals surface area (Å²) in [7, 11) is 0. The molecule has 0 heterocycles. The Morgan fingerprint density at radius 2 is 1.65 bits per heavy atom. The molecule has 0 saturated heterocycles. The number of anilines is 1. The van der Waals surface area contributed by atoms with Crippen molar-refractivity contribution in [1.82, 2.24) is 0 Å². The number of rotatable bonds is 5. The molecule has 0 radical (unpaired) electrons. The summed E-state index contributed by atoms with van der Waals surface area (Å²) in [6, 6.07) is 10.7. The first kappa shape index (κ1) is 26.1. The van der Waals surface area contributed by atoms with Gasteiger partial charge in [-0.1, -0.05) is 23.7 Å². The maximum absolute atomic E-state index is 14.2. The number of nitro benzene ring substituents is 1. The second kappa shape index (κ2) is 9.65. The van der Waals surface area contributed by atoms with Gasteiger partial charge >= 0.3 is 6.18 Å². The number of hydrogen-bond acceptors (Lipinski definition) is 4. The molecule has 0 aromatic heterocycles. The molecule has 178 valence electrons. The highest BCUT2D eigenvalue weighted by molar-refractivity contribution is 9.11. The topological polar surface area (TPSA) is 92.5 Å². The summed E-state index contributed by atoms with van der Waals surface area (Å²) in [5.41, 5.74) is -4.26. The van der Waals surface area contributed by atoms with Gasteiger partial charge in [-0.25, -0.2) is 0 Å². The Hall–Kier alpha value is -2.47. The predicted molar refractivity (Wildman–Crippen MR) is 128 cm³/mol. The molecule has 12 heteroatoms. The van der Waals surface area contributed by atoms with E-state index in [1.165, 1.54) is 30.3 Å². The van der Waals surface area contributed by atoms with E-state index in [2.05, 4.69) is 37.2 Å². The number of nitrogens with zero attached hydrogens (tertiary/aromatic N) is 1. The first-order chi connectivity index (χ1) is 15.7. The number of benzene rings is 3. The van der Waals surface area contributed by atoms with Gasteiger partial charge in [0.1, 0.15) is 0 Å². The van der Waals surface area contributed by atoms with Crippen LogP contribution in [0.5, 0.6) is 0 Å². The van der Waals surface area contributed by atoms with Crippen molar-refractivity contribution < 1.29 is 28.0 Å². The zero-order chi connectivity index (χ0) is 25.4. The van der Waals surface area contributed by atoms with Crippen LogP contribution in [-0.2, 0) is 5.60 Å². The number of nitrogens with one attached hydrogen (secondary N) is 1. The van der Waals surface area contributed by atoms with Gasteiger partial charge in [0.2, 0.25) is 5.60 Å². The molecule has 1 atom stereocenters. The molecule has 6 nitrogen and oxygen atoms in total. The molecular weight excluding hydrogens is 609 g/mol. The fraction of sp³-hybridized carbons (Fsp3) is 0.136. The highest BCUT2D eigenvalue weighted by Crippen LogP contribution is 2.47.